The number of hydrogen-bond donors (Lipinski definition) is 3. The van der Waals surface area contributed by atoms with Gasteiger partial charge in [0.25, 0.3) is 0 Å². The molecule has 0 aliphatic rings. The highest BCUT2D eigenvalue weighted by atomic mass is 31.2. The van der Waals surface area contributed by atoms with Crippen LogP contribution in [-0.4, -0.2) is 28.3 Å². The van der Waals surface area contributed by atoms with E-state index in [0.717, 1.165) is 6.66 Å². The summed E-state index contributed by atoms with van der Waals surface area (Å²) >= 11 is 0. The molecule has 6 heteroatoms. The van der Waals surface area contributed by atoms with E-state index < -0.39 is 7.60 Å². The summed E-state index contributed by atoms with van der Waals surface area (Å²) in [6, 6.07) is -0.269. The van der Waals surface area contributed by atoms with E-state index in [1.54, 1.807) is 0 Å². The molecule has 0 amide bonds. The van der Waals surface area contributed by atoms with Crippen LogP contribution in [-0.2, 0) is 9.36 Å². The Hall–Kier alpha value is -0.220. The standard InChI is InChI=1S/C6H13NO.CH5O3P.CH4/c1-4(2)6(7)5(3)8;1-5(2,3)4;/h4,6H,7H2,1-3H3;1H3,(H2,2,3,4);1H4/t6-;;/m0../s1. The van der Waals surface area contributed by atoms with Crippen molar-refractivity contribution in [3.8, 4) is 0 Å². The van der Waals surface area contributed by atoms with Gasteiger partial charge in [-0.1, -0.05) is 21.3 Å². The van der Waals surface area contributed by atoms with Crippen LogP contribution >= 0.6 is 7.60 Å². The van der Waals surface area contributed by atoms with Gasteiger partial charge in [-0.2, -0.15) is 0 Å². The van der Waals surface area contributed by atoms with E-state index in [9.17, 15) is 9.36 Å². The average molecular weight is 227 g/mol. The largest absolute Gasteiger partial charge is 0.325 e. The fraction of sp³-hybridized carbons (Fsp3) is 0.875. The van der Waals surface area contributed by atoms with Gasteiger partial charge in [-0.3, -0.25) is 9.36 Å². The molecular formula is C8H22NO4P. The fourth-order valence-corrected chi connectivity index (χ4v) is 0.469. The van der Waals surface area contributed by atoms with Crippen molar-refractivity contribution in [3.63, 3.8) is 0 Å². The zero-order valence-corrected chi connectivity index (χ0v) is 9.28. The second-order valence-electron chi connectivity index (χ2n) is 3.22. The molecule has 0 fully saturated rings. The Labute approximate surface area is 85.9 Å². The van der Waals surface area contributed by atoms with Crippen molar-refractivity contribution in [2.24, 2.45) is 11.7 Å². The van der Waals surface area contributed by atoms with Crippen LogP contribution in [0.15, 0.2) is 0 Å². The first-order valence-corrected chi connectivity index (χ1v) is 5.90. The summed E-state index contributed by atoms with van der Waals surface area (Å²) in [5.74, 6) is 0.340. The Kier molecular flexibility index (Phi) is 11.2. The molecule has 0 aromatic carbocycles. The van der Waals surface area contributed by atoms with Crippen LogP contribution in [0.5, 0.6) is 0 Å². The van der Waals surface area contributed by atoms with Crippen molar-refractivity contribution in [2.75, 3.05) is 6.66 Å². The fourth-order valence-electron chi connectivity index (χ4n) is 0.469. The van der Waals surface area contributed by atoms with E-state index in [0.29, 0.717) is 0 Å². The maximum absolute atomic E-state index is 10.5. The van der Waals surface area contributed by atoms with E-state index in [1.807, 2.05) is 13.8 Å². The zero-order chi connectivity index (χ0) is 11.2. The van der Waals surface area contributed by atoms with Crippen molar-refractivity contribution < 1.29 is 19.1 Å². The molecule has 0 bridgehead atoms. The van der Waals surface area contributed by atoms with Crippen LogP contribution in [0.1, 0.15) is 28.2 Å². The Morgan fingerprint density at radius 3 is 1.57 bits per heavy atom. The van der Waals surface area contributed by atoms with Gasteiger partial charge in [-0.15, -0.1) is 0 Å². The zero-order valence-electron chi connectivity index (χ0n) is 8.39. The molecule has 14 heavy (non-hydrogen) atoms. The first-order chi connectivity index (χ1) is 5.55. The van der Waals surface area contributed by atoms with Crippen molar-refractivity contribution in [3.05, 3.63) is 0 Å². The predicted molar refractivity (Wildman–Crippen MR) is 58.2 cm³/mol. The SMILES string of the molecule is C.CC(=O)[C@@H](N)C(C)C.CP(=O)(O)O. The lowest BCUT2D eigenvalue weighted by atomic mass is 10.0. The number of nitrogens with two attached hydrogens (primary N) is 1. The lowest BCUT2D eigenvalue weighted by molar-refractivity contribution is -0.119. The van der Waals surface area contributed by atoms with Gasteiger partial charge in [0, 0.05) is 6.66 Å². The number of carbonyl (C=O) groups excluding carboxylic acids is 1. The topological polar surface area (TPSA) is 101 Å². The number of ketones is 1. The van der Waals surface area contributed by atoms with Crippen LogP contribution in [0.3, 0.4) is 0 Å². The molecule has 1 atom stereocenters. The lowest BCUT2D eigenvalue weighted by Crippen LogP contribution is -2.33. The molecule has 88 valence electrons. The van der Waals surface area contributed by atoms with Crippen molar-refractivity contribution in [1.29, 1.82) is 0 Å². The molecule has 0 aromatic heterocycles. The van der Waals surface area contributed by atoms with Crippen LogP contribution in [0.4, 0.5) is 0 Å². The van der Waals surface area contributed by atoms with Gasteiger partial charge in [0.15, 0.2) is 0 Å². The maximum Gasteiger partial charge on any atom is 0.322 e. The second-order valence-corrected chi connectivity index (χ2v) is 4.89. The summed E-state index contributed by atoms with van der Waals surface area (Å²) in [6.45, 7) is 6.25. The molecular weight excluding hydrogens is 205 g/mol. The Bertz CT molecular complexity index is 191. The molecule has 0 spiro atoms. The van der Waals surface area contributed by atoms with Gasteiger partial charge in [0.1, 0.15) is 5.78 Å². The Morgan fingerprint density at radius 1 is 1.36 bits per heavy atom. The second kappa shape index (κ2) is 8.12. The molecule has 0 saturated heterocycles. The Morgan fingerprint density at radius 2 is 1.57 bits per heavy atom. The van der Waals surface area contributed by atoms with Gasteiger partial charge < -0.3 is 15.5 Å². The van der Waals surface area contributed by atoms with Crippen LogP contribution in [0, 0.1) is 5.92 Å². The number of Topliss-reactive ketones (excluding diaryl/α,β-unsaturated/α-hetero) is 1. The minimum Gasteiger partial charge on any atom is -0.325 e. The Balaban J connectivity index is -0.000000177. The lowest BCUT2D eigenvalue weighted by Gasteiger charge is -2.09. The first kappa shape index (κ1) is 19.4. The number of rotatable bonds is 2. The molecule has 0 aromatic rings. The van der Waals surface area contributed by atoms with Gasteiger partial charge in [0.05, 0.1) is 6.04 Å². The van der Waals surface area contributed by atoms with Crippen LogP contribution < -0.4 is 5.73 Å². The highest BCUT2D eigenvalue weighted by Gasteiger charge is 2.10. The molecule has 0 aliphatic heterocycles. The smallest absolute Gasteiger partial charge is 0.322 e. The van der Waals surface area contributed by atoms with Gasteiger partial charge in [0.2, 0.25) is 0 Å². The minimum atomic E-state index is -3.64. The van der Waals surface area contributed by atoms with Crippen molar-refractivity contribution in [2.45, 2.75) is 34.2 Å². The molecule has 0 aliphatic carbocycles. The predicted octanol–water partition coefficient (Wildman–Crippen LogP) is 0.989. The maximum atomic E-state index is 10.5. The third-order valence-corrected chi connectivity index (χ3v) is 1.19. The number of carbonyl (C=O) groups is 1. The monoisotopic (exact) mass is 227 g/mol. The van der Waals surface area contributed by atoms with E-state index in [2.05, 4.69) is 0 Å². The average Bonchev–Trinajstić information content (AvgIpc) is 1.81. The van der Waals surface area contributed by atoms with Crippen LogP contribution in [0.25, 0.3) is 0 Å². The highest BCUT2D eigenvalue weighted by Crippen LogP contribution is 2.26. The van der Waals surface area contributed by atoms with E-state index >= 15 is 0 Å². The normalized spacial score (nSPS) is 12.3. The molecule has 0 radical (unpaired) electrons. The molecule has 0 heterocycles. The summed E-state index contributed by atoms with van der Waals surface area (Å²) < 4.78 is 9.33. The summed E-state index contributed by atoms with van der Waals surface area (Å²) in [5, 5.41) is 0. The third-order valence-electron chi connectivity index (χ3n) is 1.19. The van der Waals surface area contributed by atoms with E-state index in [4.69, 9.17) is 15.5 Å². The van der Waals surface area contributed by atoms with E-state index in [-0.39, 0.29) is 25.2 Å². The molecule has 0 rings (SSSR count). The van der Waals surface area contributed by atoms with Crippen molar-refractivity contribution >= 4 is 13.4 Å². The van der Waals surface area contributed by atoms with Gasteiger partial charge in [-0.25, -0.2) is 0 Å². The van der Waals surface area contributed by atoms with Crippen molar-refractivity contribution in [1.82, 2.24) is 0 Å². The molecule has 0 unspecified atom stereocenters. The highest BCUT2D eigenvalue weighted by molar-refractivity contribution is 7.50. The first-order valence-electron chi connectivity index (χ1n) is 3.84. The van der Waals surface area contributed by atoms with Gasteiger partial charge >= 0.3 is 7.60 Å². The summed E-state index contributed by atoms with van der Waals surface area (Å²) in [5.41, 5.74) is 5.41. The molecule has 0 saturated carbocycles. The van der Waals surface area contributed by atoms with Crippen LogP contribution in [0.2, 0.25) is 0 Å². The quantitative estimate of drug-likeness (QED) is 0.611. The minimum absolute atomic E-state index is 0. The molecule has 5 nitrogen and oxygen atoms in total. The van der Waals surface area contributed by atoms with Gasteiger partial charge in [-0.05, 0) is 12.8 Å². The number of hydrogen-bond acceptors (Lipinski definition) is 3. The summed E-state index contributed by atoms with van der Waals surface area (Å²) in [7, 11) is -3.64. The third kappa shape index (κ3) is 22.6. The van der Waals surface area contributed by atoms with E-state index in [1.165, 1.54) is 6.92 Å². The summed E-state index contributed by atoms with van der Waals surface area (Å²) in [6.07, 6.45) is 0. The summed E-state index contributed by atoms with van der Waals surface area (Å²) in [4.78, 5) is 25.7. The molecule has 4 N–H and O–H groups in total.